The summed E-state index contributed by atoms with van der Waals surface area (Å²) in [5.41, 5.74) is 26.9. The lowest BCUT2D eigenvalue weighted by atomic mass is 10.1. The van der Waals surface area contributed by atoms with Gasteiger partial charge in [0.05, 0.1) is 18.9 Å². The number of unbranched alkanes of at least 4 members (excludes halogenated alkanes) is 1. The Morgan fingerprint density at radius 1 is 0.730 bits per heavy atom. The molecule has 0 aromatic heterocycles. The van der Waals surface area contributed by atoms with Crippen LogP contribution < -0.4 is 44.6 Å². The molecule has 0 saturated heterocycles. The third-order valence-electron chi connectivity index (χ3n) is 4.92. The van der Waals surface area contributed by atoms with E-state index in [9.17, 15) is 33.9 Å². The van der Waals surface area contributed by atoms with Crippen LogP contribution in [0.15, 0.2) is 4.99 Å². The molecule has 0 heterocycles. The zero-order valence-corrected chi connectivity index (χ0v) is 20.4. The van der Waals surface area contributed by atoms with Gasteiger partial charge in [-0.1, -0.05) is 0 Å². The van der Waals surface area contributed by atoms with E-state index < -0.39 is 72.6 Å². The first kappa shape index (κ1) is 33.0. The summed E-state index contributed by atoms with van der Waals surface area (Å²) in [6, 6.07) is -5.64. The molecule has 4 unspecified atom stereocenters. The van der Waals surface area contributed by atoms with Crippen molar-refractivity contribution in [3.05, 3.63) is 0 Å². The molecule has 0 fully saturated rings. The number of nitrogens with one attached hydrogen (secondary N) is 3. The van der Waals surface area contributed by atoms with E-state index in [1.54, 1.807) is 0 Å². The average Bonchev–Trinajstić information content (AvgIpc) is 2.79. The molecule has 15 N–H and O–H groups in total. The lowest BCUT2D eigenvalue weighted by Crippen LogP contribution is -2.57. The summed E-state index contributed by atoms with van der Waals surface area (Å²) in [6.07, 6.45) is -0.193. The van der Waals surface area contributed by atoms with E-state index in [1.807, 2.05) is 0 Å². The molecule has 0 aromatic rings. The fourth-order valence-corrected chi connectivity index (χ4v) is 3.02. The number of amides is 4. The molecule has 0 rings (SSSR count). The number of primary amides is 1. The molecule has 37 heavy (non-hydrogen) atoms. The zero-order valence-electron chi connectivity index (χ0n) is 20.4. The van der Waals surface area contributed by atoms with Crippen LogP contribution in [0.25, 0.3) is 0 Å². The van der Waals surface area contributed by atoms with Crippen LogP contribution in [0, 0.1) is 0 Å². The second-order valence-electron chi connectivity index (χ2n) is 8.13. The third-order valence-corrected chi connectivity index (χ3v) is 4.92. The highest BCUT2D eigenvalue weighted by atomic mass is 16.4. The minimum atomic E-state index is -1.75. The van der Waals surface area contributed by atoms with Gasteiger partial charge in [0.2, 0.25) is 23.6 Å². The van der Waals surface area contributed by atoms with Gasteiger partial charge in [-0.25, -0.2) is 4.79 Å². The summed E-state index contributed by atoms with van der Waals surface area (Å²) < 4.78 is 0. The summed E-state index contributed by atoms with van der Waals surface area (Å²) in [7, 11) is 0. The fourth-order valence-electron chi connectivity index (χ4n) is 3.02. The molecule has 0 aliphatic rings. The van der Waals surface area contributed by atoms with Gasteiger partial charge in [-0.2, -0.15) is 0 Å². The predicted molar refractivity (Wildman–Crippen MR) is 130 cm³/mol. The number of carbonyl (C=O) groups excluding carboxylic acids is 4. The third kappa shape index (κ3) is 14.9. The number of nitrogens with zero attached hydrogens (tertiary/aromatic N) is 1. The van der Waals surface area contributed by atoms with Crippen molar-refractivity contribution in [2.24, 2.45) is 33.7 Å². The maximum atomic E-state index is 12.9. The van der Waals surface area contributed by atoms with Gasteiger partial charge < -0.3 is 54.8 Å². The summed E-state index contributed by atoms with van der Waals surface area (Å²) >= 11 is 0. The Balaban J connectivity index is 5.47. The Labute approximate surface area is 212 Å². The molecular weight excluding hydrogens is 494 g/mol. The first-order valence-electron chi connectivity index (χ1n) is 11.4. The number of carboxylic acid groups (broad SMARTS) is 2. The van der Waals surface area contributed by atoms with Gasteiger partial charge in [0.1, 0.15) is 18.1 Å². The van der Waals surface area contributed by atoms with Crippen molar-refractivity contribution in [3.63, 3.8) is 0 Å². The topological polar surface area (TPSA) is 321 Å². The van der Waals surface area contributed by atoms with Crippen molar-refractivity contribution in [1.29, 1.82) is 0 Å². The maximum Gasteiger partial charge on any atom is 0.326 e. The van der Waals surface area contributed by atoms with Crippen LogP contribution in [0.3, 0.4) is 0 Å². The van der Waals surface area contributed by atoms with E-state index in [-0.39, 0.29) is 31.9 Å². The van der Waals surface area contributed by atoms with Crippen LogP contribution >= 0.6 is 0 Å². The van der Waals surface area contributed by atoms with Gasteiger partial charge in [-0.05, 0) is 38.6 Å². The van der Waals surface area contributed by atoms with Crippen molar-refractivity contribution in [2.45, 2.75) is 69.1 Å². The number of aliphatic imine (C=N–C) groups is 1. The Hall–Kier alpha value is -3.99. The summed E-state index contributed by atoms with van der Waals surface area (Å²) in [5.74, 6) is -6.82. The molecule has 0 spiro atoms. The SMILES string of the molecule is NCCCCC(NC(=O)C(CC(N)=O)NC(=O)C(N)CCCN=C(N)N)C(=O)NC(CC(=O)O)C(=O)O. The van der Waals surface area contributed by atoms with Gasteiger partial charge in [0, 0.05) is 6.54 Å². The summed E-state index contributed by atoms with van der Waals surface area (Å²) in [4.78, 5) is 75.5. The highest BCUT2D eigenvalue weighted by Gasteiger charge is 2.31. The number of carbonyl (C=O) groups is 6. The molecule has 17 nitrogen and oxygen atoms in total. The van der Waals surface area contributed by atoms with Crippen molar-refractivity contribution >= 4 is 41.5 Å². The Morgan fingerprint density at radius 2 is 1.30 bits per heavy atom. The van der Waals surface area contributed by atoms with Crippen LogP contribution in [-0.4, -0.2) is 89.0 Å². The summed E-state index contributed by atoms with van der Waals surface area (Å²) in [5, 5.41) is 24.8. The van der Waals surface area contributed by atoms with E-state index in [4.69, 9.17) is 33.8 Å². The molecule has 0 aromatic carbocycles. The second-order valence-corrected chi connectivity index (χ2v) is 8.13. The molecule has 0 radical (unpaired) electrons. The van der Waals surface area contributed by atoms with Gasteiger partial charge >= 0.3 is 11.9 Å². The number of carboxylic acids is 2. The van der Waals surface area contributed by atoms with Crippen molar-refractivity contribution in [1.82, 2.24) is 16.0 Å². The number of rotatable bonds is 19. The van der Waals surface area contributed by atoms with E-state index in [0.717, 1.165) is 0 Å². The first-order chi connectivity index (χ1) is 17.3. The molecule has 0 aliphatic carbocycles. The number of hydrogen-bond donors (Lipinski definition) is 10. The molecule has 210 valence electrons. The highest BCUT2D eigenvalue weighted by Crippen LogP contribution is 2.05. The van der Waals surface area contributed by atoms with Crippen LogP contribution in [0.1, 0.15) is 44.9 Å². The molecule has 0 saturated carbocycles. The maximum absolute atomic E-state index is 12.9. The number of hydrogen-bond acceptors (Lipinski definition) is 9. The van der Waals surface area contributed by atoms with Gasteiger partial charge in [0.25, 0.3) is 0 Å². The van der Waals surface area contributed by atoms with E-state index >= 15 is 0 Å². The second kappa shape index (κ2) is 17.4. The Bertz CT molecular complexity index is 848. The van der Waals surface area contributed by atoms with Crippen LogP contribution in [0.2, 0.25) is 0 Å². The van der Waals surface area contributed by atoms with Crippen LogP contribution in [-0.2, 0) is 28.8 Å². The largest absolute Gasteiger partial charge is 0.481 e. The number of guanidine groups is 1. The first-order valence-corrected chi connectivity index (χ1v) is 11.4. The van der Waals surface area contributed by atoms with Crippen LogP contribution in [0.4, 0.5) is 0 Å². The summed E-state index contributed by atoms with van der Waals surface area (Å²) in [6.45, 7) is 0.494. The smallest absolute Gasteiger partial charge is 0.326 e. The van der Waals surface area contributed by atoms with Gasteiger partial charge in [0.15, 0.2) is 5.96 Å². The predicted octanol–water partition coefficient (Wildman–Crippen LogP) is -4.61. The molecule has 17 heteroatoms. The van der Waals surface area contributed by atoms with Gasteiger partial charge in [-0.3, -0.25) is 29.0 Å². The van der Waals surface area contributed by atoms with Crippen molar-refractivity contribution in [2.75, 3.05) is 13.1 Å². The normalized spacial score (nSPS) is 13.8. The van der Waals surface area contributed by atoms with E-state index in [0.29, 0.717) is 19.3 Å². The standard InChI is InChI=1S/C20H37N9O8/c21-6-2-1-5-11(17(34)29-13(19(36)37)9-15(31)32)27-18(35)12(8-14(23)30)28-16(33)10(22)4-3-7-26-20(24)25/h10-13H,1-9,21-22H2,(H2,23,30)(H,27,35)(H,28,33)(H,29,34)(H,31,32)(H,36,37)(H4,24,25,26). The van der Waals surface area contributed by atoms with Crippen LogP contribution in [0.5, 0.6) is 0 Å². The van der Waals surface area contributed by atoms with E-state index in [1.165, 1.54) is 0 Å². The average molecular weight is 532 g/mol. The van der Waals surface area contributed by atoms with E-state index in [2.05, 4.69) is 20.9 Å². The molecule has 4 amide bonds. The molecule has 4 atom stereocenters. The minimum absolute atomic E-state index is 0.00965. The molecule has 0 aliphatic heterocycles. The van der Waals surface area contributed by atoms with Crippen molar-refractivity contribution < 1.29 is 39.0 Å². The fraction of sp³-hybridized carbons (Fsp3) is 0.650. The number of aliphatic carboxylic acids is 2. The Morgan fingerprint density at radius 3 is 1.81 bits per heavy atom. The zero-order chi connectivity index (χ0) is 28.5. The lowest BCUT2D eigenvalue weighted by molar-refractivity contribution is -0.147. The number of nitrogens with two attached hydrogens (primary N) is 5. The quantitative estimate of drug-likeness (QED) is 0.0427. The molecular formula is C20H37N9O8. The highest BCUT2D eigenvalue weighted by molar-refractivity contribution is 5.96. The van der Waals surface area contributed by atoms with Crippen molar-refractivity contribution in [3.8, 4) is 0 Å². The monoisotopic (exact) mass is 531 g/mol. The minimum Gasteiger partial charge on any atom is -0.481 e. The lowest BCUT2D eigenvalue weighted by Gasteiger charge is -2.24. The molecule has 0 bridgehead atoms. The van der Waals surface area contributed by atoms with Gasteiger partial charge in [-0.15, -0.1) is 0 Å². The Kier molecular flexibility index (Phi) is 15.6.